The third kappa shape index (κ3) is 1.85. The average molecular weight is 292 g/mol. The van der Waals surface area contributed by atoms with Crippen LogP contribution in [0.1, 0.15) is 10.5 Å². The summed E-state index contributed by atoms with van der Waals surface area (Å²) in [5.41, 5.74) is 1.77. The molecule has 0 spiro atoms. The molecule has 1 amide bonds. The third-order valence-electron chi connectivity index (χ3n) is 3.54. The summed E-state index contributed by atoms with van der Waals surface area (Å²) in [6.45, 7) is 0. The number of fused-ring (bicyclic) bond motifs is 2. The first-order valence-corrected chi connectivity index (χ1v) is 6.79. The van der Waals surface area contributed by atoms with Gasteiger partial charge >= 0.3 is 0 Å². The lowest BCUT2D eigenvalue weighted by molar-refractivity contribution is 0.0988. The van der Waals surface area contributed by atoms with E-state index < -0.39 is 0 Å². The number of ether oxygens (including phenoxy) is 1. The fourth-order valence-electron chi connectivity index (χ4n) is 2.41. The maximum absolute atomic E-state index is 12.6. The van der Waals surface area contributed by atoms with Gasteiger partial charge in [0.05, 0.1) is 23.8 Å². The van der Waals surface area contributed by atoms with Gasteiger partial charge in [-0.05, 0) is 24.3 Å². The van der Waals surface area contributed by atoms with E-state index in [1.165, 1.54) is 0 Å². The van der Waals surface area contributed by atoms with Crippen LogP contribution in [-0.2, 0) is 0 Å². The molecule has 1 aliphatic heterocycles. The van der Waals surface area contributed by atoms with E-state index in [4.69, 9.17) is 4.74 Å². The number of rotatable bonds is 1. The molecule has 3 heterocycles. The van der Waals surface area contributed by atoms with Crippen molar-refractivity contribution >= 4 is 11.6 Å². The zero-order chi connectivity index (χ0) is 15.1. The van der Waals surface area contributed by atoms with Gasteiger partial charge in [0.15, 0.2) is 17.2 Å². The van der Waals surface area contributed by atoms with E-state index in [1.54, 1.807) is 35.2 Å². The molecule has 0 saturated carbocycles. The minimum absolute atomic E-state index is 0.206. The first-order chi connectivity index (χ1) is 10.7. The Labute approximate surface area is 126 Å². The van der Waals surface area contributed by atoms with E-state index in [9.17, 15) is 4.79 Å². The van der Waals surface area contributed by atoms with Gasteiger partial charge in [0.2, 0.25) is 0 Å². The molecule has 0 radical (unpaired) electrons. The first kappa shape index (κ1) is 12.6. The summed E-state index contributed by atoms with van der Waals surface area (Å²) < 4.78 is 7.47. The van der Waals surface area contributed by atoms with Crippen molar-refractivity contribution < 1.29 is 9.53 Å². The molecule has 2 aromatic heterocycles. The number of anilines is 1. The van der Waals surface area contributed by atoms with E-state index in [1.807, 2.05) is 36.4 Å². The van der Waals surface area contributed by atoms with Crippen LogP contribution in [0.5, 0.6) is 11.5 Å². The van der Waals surface area contributed by atoms with Crippen LogP contribution in [0.15, 0.2) is 55.0 Å². The highest BCUT2D eigenvalue weighted by Gasteiger charge is 2.28. The molecule has 0 N–H and O–H groups in total. The largest absolute Gasteiger partial charge is 0.451 e. The lowest BCUT2D eigenvalue weighted by Gasteiger charge is -2.15. The third-order valence-corrected chi connectivity index (χ3v) is 3.54. The Morgan fingerprint density at radius 2 is 1.95 bits per heavy atom. The fraction of sp³-hybridized carbons (Fsp3) is 0.0625. The van der Waals surface area contributed by atoms with Gasteiger partial charge in [-0.25, -0.2) is 4.68 Å². The van der Waals surface area contributed by atoms with Crippen molar-refractivity contribution in [3.63, 3.8) is 0 Å². The molecule has 0 saturated heterocycles. The Morgan fingerprint density at radius 3 is 2.77 bits per heavy atom. The SMILES string of the molecule is CN1C(=O)c2nn(-c3cccnc3)cc2Oc2ccccc21. The highest BCUT2D eigenvalue weighted by Crippen LogP contribution is 2.37. The summed E-state index contributed by atoms with van der Waals surface area (Å²) in [5.74, 6) is 0.857. The van der Waals surface area contributed by atoms with Gasteiger partial charge in [-0.15, -0.1) is 0 Å². The summed E-state index contributed by atoms with van der Waals surface area (Å²) in [5, 5.41) is 4.36. The van der Waals surface area contributed by atoms with Crippen LogP contribution in [0, 0.1) is 0 Å². The van der Waals surface area contributed by atoms with E-state index in [2.05, 4.69) is 10.1 Å². The van der Waals surface area contributed by atoms with Crippen LogP contribution < -0.4 is 9.64 Å². The van der Waals surface area contributed by atoms with E-state index >= 15 is 0 Å². The number of pyridine rings is 1. The van der Waals surface area contributed by atoms with Crippen LogP contribution in [0.25, 0.3) is 5.69 Å². The Morgan fingerprint density at radius 1 is 1.09 bits per heavy atom. The Kier molecular flexibility index (Phi) is 2.69. The number of amides is 1. The van der Waals surface area contributed by atoms with E-state index in [0.29, 0.717) is 11.5 Å². The minimum atomic E-state index is -0.206. The number of carbonyl (C=O) groups excluding carboxylic acids is 1. The number of aromatic nitrogens is 3. The van der Waals surface area contributed by atoms with Crippen molar-refractivity contribution in [1.82, 2.24) is 14.8 Å². The lowest BCUT2D eigenvalue weighted by Crippen LogP contribution is -2.25. The topological polar surface area (TPSA) is 60.2 Å². The number of para-hydroxylation sites is 2. The lowest BCUT2D eigenvalue weighted by atomic mass is 10.2. The highest BCUT2D eigenvalue weighted by molar-refractivity contribution is 6.07. The van der Waals surface area contributed by atoms with Crippen LogP contribution in [0.3, 0.4) is 0 Å². The molecular formula is C16H12N4O2. The minimum Gasteiger partial charge on any atom is -0.451 e. The standard InChI is InChI=1S/C16H12N4O2/c1-19-12-6-2-3-7-13(12)22-14-10-20(18-15(14)16(19)21)11-5-4-8-17-9-11/h2-10H,1H3. The predicted molar refractivity (Wildman–Crippen MR) is 80.6 cm³/mol. The van der Waals surface area contributed by atoms with Crippen molar-refractivity contribution in [1.29, 1.82) is 0 Å². The molecule has 22 heavy (non-hydrogen) atoms. The van der Waals surface area contributed by atoms with Gasteiger partial charge < -0.3 is 9.64 Å². The Bertz CT molecular complexity index is 858. The van der Waals surface area contributed by atoms with Gasteiger partial charge in [0, 0.05) is 13.2 Å². The van der Waals surface area contributed by atoms with Crippen LogP contribution in [0.2, 0.25) is 0 Å². The maximum Gasteiger partial charge on any atom is 0.282 e. The number of hydrogen-bond donors (Lipinski definition) is 0. The van der Waals surface area contributed by atoms with Crippen molar-refractivity contribution in [3.05, 3.63) is 60.7 Å². The van der Waals surface area contributed by atoms with Crippen molar-refractivity contribution in [2.45, 2.75) is 0 Å². The van der Waals surface area contributed by atoms with Gasteiger partial charge in [0.1, 0.15) is 0 Å². The number of carbonyl (C=O) groups is 1. The van der Waals surface area contributed by atoms with Gasteiger partial charge in [-0.3, -0.25) is 9.78 Å². The highest BCUT2D eigenvalue weighted by atomic mass is 16.5. The molecule has 0 aliphatic carbocycles. The fourth-order valence-corrected chi connectivity index (χ4v) is 2.41. The molecule has 0 atom stereocenters. The second-order valence-electron chi connectivity index (χ2n) is 4.93. The number of hydrogen-bond acceptors (Lipinski definition) is 4. The summed E-state index contributed by atoms with van der Waals surface area (Å²) in [7, 11) is 1.71. The Balaban J connectivity index is 1.86. The van der Waals surface area contributed by atoms with Gasteiger partial charge in [0.25, 0.3) is 5.91 Å². The maximum atomic E-state index is 12.6. The number of nitrogens with zero attached hydrogens (tertiary/aromatic N) is 4. The second-order valence-corrected chi connectivity index (χ2v) is 4.93. The number of benzene rings is 1. The Hall–Kier alpha value is -3.15. The first-order valence-electron chi connectivity index (χ1n) is 6.79. The van der Waals surface area contributed by atoms with Gasteiger partial charge in [-0.1, -0.05) is 12.1 Å². The van der Waals surface area contributed by atoms with Crippen molar-refractivity contribution in [3.8, 4) is 17.2 Å². The smallest absolute Gasteiger partial charge is 0.282 e. The second kappa shape index (κ2) is 4.70. The van der Waals surface area contributed by atoms with E-state index in [0.717, 1.165) is 11.4 Å². The molecule has 6 nitrogen and oxygen atoms in total. The zero-order valence-corrected chi connectivity index (χ0v) is 11.8. The quantitative estimate of drug-likeness (QED) is 0.692. The van der Waals surface area contributed by atoms with Gasteiger partial charge in [-0.2, -0.15) is 5.10 Å². The molecule has 0 fully saturated rings. The summed E-state index contributed by atoms with van der Waals surface area (Å²) in [6, 6.07) is 11.1. The molecule has 0 bridgehead atoms. The molecule has 1 aliphatic rings. The summed E-state index contributed by atoms with van der Waals surface area (Å²) >= 11 is 0. The zero-order valence-electron chi connectivity index (χ0n) is 11.8. The van der Waals surface area contributed by atoms with Crippen LogP contribution >= 0.6 is 0 Å². The molecule has 0 unspecified atom stereocenters. The van der Waals surface area contributed by atoms with Crippen LogP contribution in [-0.4, -0.2) is 27.7 Å². The molecular weight excluding hydrogens is 280 g/mol. The van der Waals surface area contributed by atoms with Crippen molar-refractivity contribution in [2.24, 2.45) is 0 Å². The molecule has 6 heteroatoms. The monoisotopic (exact) mass is 292 g/mol. The molecule has 4 rings (SSSR count). The van der Waals surface area contributed by atoms with Crippen molar-refractivity contribution in [2.75, 3.05) is 11.9 Å². The molecule has 108 valence electrons. The van der Waals surface area contributed by atoms with E-state index in [-0.39, 0.29) is 11.6 Å². The predicted octanol–water partition coefficient (Wildman–Crippen LogP) is 2.65. The summed E-state index contributed by atoms with van der Waals surface area (Å²) in [6.07, 6.45) is 5.05. The molecule has 1 aromatic carbocycles. The average Bonchev–Trinajstić information content (AvgIpc) is 2.95. The summed E-state index contributed by atoms with van der Waals surface area (Å²) in [4.78, 5) is 18.2. The van der Waals surface area contributed by atoms with Crippen LogP contribution in [0.4, 0.5) is 5.69 Å². The normalized spacial score (nSPS) is 13.1. The molecule has 3 aromatic rings.